The zero-order chi connectivity index (χ0) is 14.6. The Morgan fingerprint density at radius 2 is 2.29 bits per heavy atom. The Morgan fingerprint density at radius 1 is 1.43 bits per heavy atom. The second-order valence-corrected chi connectivity index (χ2v) is 6.04. The van der Waals surface area contributed by atoms with Crippen LogP contribution in [0.1, 0.15) is 11.1 Å². The number of aromatic amines is 1. The van der Waals surface area contributed by atoms with Crippen molar-refractivity contribution in [2.75, 3.05) is 20.6 Å². The van der Waals surface area contributed by atoms with E-state index in [0.717, 1.165) is 13.0 Å². The molecular formula is C17H19N3O. The van der Waals surface area contributed by atoms with Crippen molar-refractivity contribution in [2.45, 2.75) is 12.5 Å². The SMILES string of the molecule is CNC(=O)[C@@H]1C=C2c3cccc4[nH]cc(c34)C[C@H]2N(C)C1. The molecule has 2 N–H and O–H groups in total. The molecule has 1 amide bonds. The summed E-state index contributed by atoms with van der Waals surface area (Å²) in [4.78, 5) is 17.7. The molecule has 0 saturated carbocycles. The van der Waals surface area contributed by atoms with Gasteiger partial charge in [-0.2, -0.15) is 0 Å². The number of likely N-dealkylation sites (N-methyl/N-ethyl adjacent to an activating group) is 1. The minimum absolute atomic E-state index is 0.0676. The van der Waals surface area contributed by atoms with Crippen molar-refractivity contribution in [3.8, 4) is 0 Å². The van der Waals surface area contributed by atoms with Crippen molar-refractivity contribution in [1.82, 2.24) is 15.2 Å². The quantitative estimate of drug-likeness (QED) is 0.837. The molecule has 0 bridgehead atoms. The minimum Gasteiger partial charge on any atom is -0.361 e. The standard InChI is InChI=1S/C17H19N3O/c1-18-17(21)11-6-13-12-4-3-5-14-16(12)10(8-19-14)7-15(13)20(2)9-11/h3-6,8,11,15,19H,7,9H2,1-2H3,(H,18,21)/t11-,15-/m1/s1. The van der Waals surface area contributed by atoms with Crippen molar-refractivity contribution in [1.29, 1.82) is 0 Å². The van der Waals surface area contributed by atoms with Gasteiger partial charge in [-0.25, -0.2) is 0 Å². The maximum Gasteiger partial charge on any atom is 0.227 e. The van der Waals surface area contributed by atoms with E-state index in [9.17, 15) is 4.79 Å². The lowest BCUT2D eigenvalue weighted by Crippen LogP contribution is -2.46. The van der Waals surface area contributed by atoms with Crippen LogP contribution in [0, 0.1) is 5.92 Å². The van der Waals surface area contributed by atoms with Gasteiger partial charge >= 0.3 is 0 Å². The van der Waals surface area contributed by atoms with Crippen LogP contribution in [-0.2, 0) is 11.2 Å². The smallest absolute Gasteiger partial charge is 0.227 e. The lowest BCUT2D eigenvalue weighted by atomic mass is 9.80. The molecule has 2 atom stereocenters. The summed E-state index contributed by atoms with van der Waals surface area (Å²) >= 11 is 0. The molecule has 1 aromatic heterocycles. The molecule has 0 spiro atoms. The fourth-order valence-corrected chi connectivity index (χ4v) is 3.80. The number of rotatable bonds is 1. The van der Waals surface area contributed by atoms with Crippen molar-refractivity contribution >= 4 is 22.4 Å². The molecule has 2 heterocycles. The van der Waals surface area contributed by atoms with E-state index >= 15 is 0 Å². The molecule has 0 saturated heterocycles. The Bertz CT molecular complexity index is 758. The highest BCUT2D eigenvalue weighted by molar-refractivity contribution is 5.99. The third-order valence-corrected chi connectivity index (χ3v) is 4.85. The van der Waals surface area contributed by atoms with Crippen LogP contribution in [-0.4, -0.2) is 42.5 Å². The number of H-pyrrole nitrogens is 1. The Hall–Kier alpha value is -2.07. The first-order chi connectivity index (χ1) is 10.2. The lowest BCUT2D eigenvalue weighted by Gasteiger charge is -2.39. The topological polar surface area (TPSA) is 48.1 Å². The largest absolute Gasteiger partial charge is 0.361 e. The maximum atomic E-state index is 12.0. The van der Waals surface area contributed by atoms with Crippen LogP contribution < -0.4 is 5.32 Å². The van der Waals surface area contributed by atoms with Crippen LogP contribution in [0.15, 0.2) is 30.5 Å². The van der Waals surface area contributed by atoms with Gasteiger partial charge < -0.3 is 10.3 Å². The normalized spacial score (nSPS) is 24.6. The van der Waals surface area contributed by atoms with E-state index in [4.69, 9.17) is 0 Å². The lowest BCUT2D eigenvalue weighted by molar-refractivity contribution is -0.123. The summed E-state index contributed by atoms with van der Waals surface area (Å²) in [7, 11) is 3.82. The molecule has 1 aromatic carbocycles. The maximum absolute atomic E-state index is 12.0. The van der Waals surface area contributed by atoms with E-state index in [1.807, 2.05) is 0 Å². The third-order valence-electron chi connectivity index (χ3n) is 4.85. The van der Waals surface area contributed by atoms with Crippen LogP contribution in [0.4, 0.5) is 0 Å². The number of amides is 1. The van der Waals surface area contributed by atoms with Gasteiger partial charge in [0.1, 0.15) is 0 Å². The molecule has 4 heteroatoms. The van der Waals surface area contributed by atoms with E-state index in [1.165, 1.54) is 27.6 Å². The second kappa shape index (κ2) is 4.46. The van der Waals surface area contributed by atoms with Gasteiger partial charge in [0.15, 0.2) is 0 Å². The van der Waals surface area contributed by atoms with Crippen molar-refractivity contribution < 1.29 is 4.79 Å². The molecular weight excluding hydrogens is 262 g/mol. The first kappa shape index (κ1) is 12.7. The predicted molar refractivity (Wildman–Crippen MR) is 84.0 cm³/mol. The van der Waals surface area contributed by atoms with Gasteiger partial charge in [0.05, 0.1) is 5.92 Å². The molecule has 108 valence electrons. The monoisotopic (exact) mass is 281 g/mol. The number of nitrogens with zero attached hydrogens (tertiary/aromatic N) is 1. The summed E-state index contributed by atoms with van der Waals surface area (Å²) in [5, 5.41) is 4.10. The average Bonchev–Trinajstić information content (AvgIpc) is 2.92. The van der Waals surface area contributed by atoms with Gasteiger partial charge in [0.25, 0.3) is 0 Å². The van der Waals surface area contributed by atoms with Gasteiger partial charge in [-0.05, 0) is 36.2 Å². The molecule has 0 radical (unpaired) electrons. The number of carbonyl (C=O) groups excluding carboxylic acids is 1. The third kappa shape index (κ3) is 1.75. The zero-order valence-electron chi connectivity index (χ0n) is 12.3. The van der Waals surface area contributed by atoms with Crippen molar-refractivity contribution in [3.05, 3.63) is 41.6 Å². The van der Waals surface area contributed by atoms with Crippen LogP contribution >= 0.6 is 0 Å². The zero-order valence-corrected chi connectivity index (χ0v) is 12.3. The fourth-order valence-electron chi connectivity index (χ4n) is 3.80. The van der Waals surface area contributed by atoms with Crippen LogP contribution in [0.3, 0.4) is 0 Å². The molecule has 2 aliphatic rings. The summed E-state index contributed by atoms with van der Waals surface area (Å²) in [6.07, 6.45) is 5.32. The summed E-state index contributed by atoms with van der Waals surface area (Å²) in [6.45, 7) is 0.781. The fraction of sp³-hybridized carbons (Fsp3) is 0.353. The van der Waals surface area contributed by atoms with E-state index < -0.39 is 0 Å². The van der Waals surface area contributed by atoms with E-state index in [2.05, 4.69) is 52.7 Å². The summed E-state index contributed by atoms with van der Waals surface area (Å²) in [5.74, 6) is 0.0295. The predicted octanol–water partition coefficient (Wildman–Crippen LogP) is 1.78. The van der Waals surface area contributed by atoms with Crippen LogP contribution in [0.2, 0.25) is 0 Å². The van der Waals surface area contributed by atoms with Gasteiger partial charge in [0.2, 0.25) is 5.91 Å². The Kier molecular flexibility index (Phi) is 2.69. The molecule has 4 rings (SSSR count). The number of nitrogens with one attached hydrogen (secondary N) is 2. The van der Waals surface area contributed by atoms with Crippen molar-refractivity contribution in [2.24, 2.45) is 5.92 Å². The minimum atomic E-state index is -0.0676. The number of fused-ring (bicyclic) bond motifs is 2. The molecule has 0 unspecified atom stereocenters. The molecule has 21 heavy (non-hydrogen) atoms. The number of aromatic nitrogens is 1. The Balaban J connectivity index is 1.91. The van der Waals surface area contributed by atoms with Crippen molar-refractivity contribution in [3.63, 3.8) is 0 Å². The van der Waals surface area contributed by atoms with Crippen LogP contribution in [0.25, 0.3) is 16.5 Å². The van der Waals surface area contributed by atoms with E-state index in [0.29, 0.717) is 6.04 Å². The summed E-state index contributed by atoms with van der Waals surface area (Å²) in [6, 6.07) is 6.76. The van der Waals surface area contributed by atoms with E-state index in [1.54, 1.807) is 7.05 Å². The molecule has 1 aliphatic carbocycles. The van der Waals surface area contributed by atoms with E-state index in [-0.39, 0.29) is 11.8 Å². The number of hydrogen-bond donors (Lipinski definition) is 2. The average molecular weight is 281 g/mol. The Morgan fingerprint density at radius 3 is 3.10 bits per heavy atom. The number of hydrogen-bond acceptors (Lipinski definition) is 2. The first-order valence-electron chi connectivity index (χ1n) is 7.42. The van der Waals surface area contributed by atoms with Gasteiger partial charge in [0, 0.05) is 36.7 Å². The Labute approximate surface area is 123 Å². The highest BCUT2D eigenvalue weighted by Gasteiger charge is 2.35. The molecule has 1 aliphatic heterocycles. The highest BCUT2D eigenvalue weighted by atomic mass is 16.1. The summed E-state index contributed by atoms with van der Waals surface area (Å²) < 4.78 is 0. The highest BCUT2D eigenvalue weighted by Crippen LogP contribution is 2.40. The molecule has 0 fully saturated rings. The number of benzene rings is 1. The number of carbonyl (C=O) groups is 1. The summed E-state index contributed by atoms with van der Waals surface area (Å²) in [5.41, 5.74) is 5.15. The van der Waals surface area contributed by atoms with Gasteiger partial charge in [-0.15, -0.1) is 0 Å². The molecule has 4 nitrogen and oxygen atoms in total. The van der Waals surface area contributed by atoms with Crippen LogP contribution in [0.5, 0.6) is 0 Å². The molecule has 2 aromatic rings. The first-order valence-corrected chi connectivity index (χ1v) is 7.42. The van der Waals surface area contributed by atoms with Gasteiger partial charge in [-0.1, -0.05) is 18.2 Å². The second-order valence-electron chi connectivity index (χ2n) is 6.04. The van der Waals surface area contributed by atoms with Gasteiger partial charge in [-0.3, -0.25) is 9.69 Å².